The molecule has 0 radical (unpaired) electrons. The van der Waals surface area contributed by atoms with Crippen molar-refractivity contribution in [3.05, 3.63) is 64.2 Å². The Bertz CT molecular complexity index is 906. The number of aryl methyl sites for hydroxylation is 3. The third-order valence-corrected chi connectivity index (χ3v) is 5.76. The second kappa shape index (κ2) is 11.0. The van der Waals surface area contributed by atoms with Crippen LogP contribution in [0.5, 0.6) is 5.75 Å². The van der Waals surface area contributed by atoms with E-state index in [1.54, 1.807) is 11.8 Å². The van der Waals surface area contributed by atoms with E-state index >= 15 is 0 Å². The van der Waals surface area contributed by atoms with Crippen LogP contribution in [0.4, 0.5) is 0 Å². The van der Waals surface area contributed by atoms with Crippen molar-refractivity contribution >= 4 is 11.8 Å². The predicted molar refractivity (Wildman–Crippen MR) is 125 cm³/mol. The lowest BCUT2D eigenvalue weighted by Gasteiger charge is -2.29. The zero-order chi connectivity index (χ0) is 23.1. The molecule has 0 aliphatic rings. The van der Waals surface area contributed by atoms with Gasteiger partial charge in [-0.25, -0.2) is 0 Å². The summed E-state index contributed by atoms with van der Waals surface area (Å²) in [4.78, 5) is 27.6. The molecule has 0 aliphatic carbocycles. The number of carbonyl (C=O) groups is 2. The number of nitrogens with zero attached hydrogens (tertiary/aromatic N) is 1. The standard InChI is InChI=1S/C26H36N2O3/c1-8-20(5)27-26(30)22(7)28(15-23-11-9-17(2)10-12-23)25(29)16-31-24-14-18(3)13-19(4)21(24)6/h9-14,20,22H,8,15-16H2,1-7H3,(H,27,30)/t20-,22-/m0/s1. The summed E-state index contributed by atoms with van der Waals surface area (Å²) in [5, 5.41) is 2.98. The maximum absolute atomic E-state index is 13.2. The first-order valence-corrected chi connectivity index (χ1v) is 11.0. The average molecular weight is 425 g/mol. The van der Waals surface area contributed by atoms with E-state index in [4.69, 9.17) is 4.74 Å². The Morgan fingerprint density at radius 1 is 1.00 bits per heavy atom. The van der Waals surface area contributed by atoms with Crippen molar-refractivity contribution in [2.24, 2.45) is 0 Å². The van der Waals surface area contributed by atoms with Crippen LogP contribution in [0.1, 0.15) is 55.0 Å². The highest BCUT2D eigenvalue weighted by molar-refractivity contribution is 5.88. The first kappa shape index (κ1) is 24.4. The summed E-state index contributed by atoms with van der Waals surface area (Å²) >= 11 is 0. The van der Waals surface area contributed by atoms with Crippen molar-refractivity contribution in [1.29, 1.82) is 0 Å². The fraction of sp³-hybridized carbons (Fsp3) is 0.462. The minimum absolute atomic E-state index is 0.0560. The van der Waals surface area contributed by atoms with Crippen molar-refractivity contribution in [2.45, 2.75) is 73.5 Å². The molecular weight excluding hydrogens is 388 g/mol. The van der Waals surface area contributed by atoms with Gasteiger partial charge in [0.1, 0.15) is 11.8 Å². The quantitative estimate of drug-likeness (QED) is 0.638. The van der Waals surface area contributed by atoms with Gasteiger partial charge < -0.3 is 15.0 Å². The van der Waals surface area contributed by atoms with Crippen LogP contribution in [0.3, 0.4) is 0 Å². The number of hydrogen-bond acceptors (Lipinski definition) is 3. The van der Waals surface area contributed by atoms with Crippen molar-refractivity contribution < 1.29 is 14.3 Å². The van der Waals surface area contributed by atoms with Gasteiger partial charge in [0.05, 0.1) is 0 Å². The van der Waals surface area contributed by atoms with E-state index in [1.807, 2.05) is 71.9 Å². The Hall–Kier alpha value is -2.82. The molecule has 2 aromatic rings. The molecule has 0 unspecified atom stereocenters. The first-order chi connectivity index (χ1) is 14.6. The smallest absolute Gasteiger partial charge is 0.261 e. The topological polar surface area (TPSA) is 58.6 Å². The molecule has 2 rings (SSSR count). The third-order valence-electron chi connectivity index (χ3n) is 5.76. The lowest BCUT2D eigenvalue weighted by Crippen LogP contribution is -2.50. The van der Waals surface area contributed by atoms with E-state index in [9.17, 15) is 9.59 Å². The molecular formula is C26H36N2O3. The van der Waals surface area contributed by atoms with Crippen LogP contribution >= 0.6 is 0 Å². The van der Waals surface area contributed by atoms with Crippen LogP contribution in [0.25, 0.3) is 0 Å². The van der Waals surface area contributed by atoms with Gasteiger partial charge in [0.2, 0.25) is 5.91 Å². The lowest BCUT2D eigenvalue weighted by molar-refractivity contribution is -0.142. The van der Waals surface area contributed by atoms with Gasteiger partial charge >= 0.3 is 0 Å². The summed E-state index contributed by atoms with van der Waals surface area (Å²) in [7, 11) is 0. The molecule has 0 bridgehead atoms. The first-order valence-electron chi connectivity index (χ1n) is 11.0. The van der Waals surface area contributed by atoms with Crippen molar-refractivity contribution in [1.82, 2.24) is 10.2 Å². The molecule has 0 spiro atoms. The Kier molecular flexibility index (Phi) is 8.66. The van der Waals surface area contributed by atoms with E-state index in [0.29, 0.717) is 12.3 Å². The molecule has 168 valence electrons. The van der Waals surface area contributed by atoms with Crippen molar-refractivity contribution in [2.75, 3.05) is 6.61 Å². The van der Waals surface area contributed by atoms with Crippen LogP contribution in [0.15, 0.2) is 36.4 Å². The van der Waals surface area contributed by atoms with Gasteiger partial charge in [-0.3, -0.25) is 9.59 Å². The molecule has 2 atom stereocenters. The largest absolute Gasteiger partial charge is 0.483 e. The summed E-state index contributed by atoms with van der Waals surface area (Å²) in [5.41, 5.74) is 5.36. The minimum Gasteiger partial charge on any atom is -0.483 e. The van der Waals surface area contributed by atoms with Crippen LogP contribution in [-0.2, 0) is 16.1 Å². The van der Waals surface area contributed by atoms with Crippen LogP contribution < -0.4 is 10.1 Å². The monoisotopic (exact) mass is 424 g/mol. The minimum atomic E-state index is -0.605. The summed E-state index contributed by atoms with van der Waals surface area (Å²) in [5.74, 6) is 0.334. The van der Waals surface area contributed by atoms with Gasteiger partial charge in [0, 0.05) is 12.6 Å². The van der Waals surface area contributed by atoms with E-state index in [-0.39, 0.29) is 24.5 Å². The number of nitrogens with one attached hydrogen (secondary N) is 1. The maximum Gasteiger partial charge on any atom is 0.261 e. The fourth-order valence-corrected chi connectivity index (χ4v) is 3.31. The molecule has 0 aliphatic heterocycles. The van der Waals surface area contributed by atoms with Gasteiger partial charge in [-0.1, -0.05) is 42.8 Å². The highest BCUT2D eigenvalue weighted by Gasteiger charge is 2.27. The SMILES string of the molecule is CC[C@H](C)NC(=O)[C@H](C)N(Cc1ccc(C)cc1)C(=O)COc1cc(C)cc(C)c1C. The van der Waals surface area contributed by atoms with E-state index < -0.39 is 6.04 Å². The highest BCUT2D eigenvalue weighted by Crippen LogP contribution is 2.23. The Morgan fingerprint density at radius 2 is 1.65 bits per heavy atom. The maximum atomic E-state index is 13.2. The zero-order valence-corrected chi connectivity index (χ0v) is 19.9. The van der Waals surface area contributed by atoms with Crippen LogP contribution in [0, 0.1) is 27.7 Å². The van der Waals surface area contributed by atoms with Crippen LogP contribution in [-0.4, -0.2) is 35.4 Å². The number of benzene rings is 2. The predicted octanol–water partition coefficient (Wildman–Crippen LogP) is 4.63. The van der Waals surface area contributed by atoms with Gasteiger partial charge in [-0.05, 0) is 76.3 Å². The molecule has 0 saturated heterocycles. The van der Waals surface area contributed by atoms with E-state index in [0.717, 1.165) is 34.2 Å². The van der Waals surface area contributed by atoms with Crippen molar-refractivity contribution in [3.63, 3.8) is 0 Å². The molecule has 1 N–H and O–H groups in total. The molecule has 5 heteroatoms. The summed E-state index contributed by atoms with van der Waals surface area (Å²) < 4.78 is 5.91. The number of hydrogen-bond donors (Lipinski definition) is 1. The van der Waals surface area contributed by atoms with Crippen molar-refractivity contribution in [3.8, 4) is 5.75 Å². The number of carbonyl (C=O) groups excluding carboxylic acids is 2. The average Bonchev–Trinajstić information content (AvgIpc) is 2.73. The summed E-state index contributed by atoms with van der Waals surface area (Å²) in [6, 6.07) is 11.5. The summed E-state index contributed by atoms with van der Waals surface area (Å²) in [6.07, 6.45) is 0.833. The van der Waals surface area contributed by atoms with Gasteiger partial charge in [0.15, 0.2) is 6.61 Å². The Balaban J connectivity index is 2.20. The van der Waals surface area contributed by atoms with E-state index in [1.165, 1.54) is 0 Å². The molecule has 31 heavy (non-hydrogen) atoms. The summed E-state index contributed by atoms with van der Waals surface area (Å²) in [6.45, 7) is 14.0. The molecule has 0 saturated carbocycles. The molecule has 2 aromatic carbocycles. The molecule has 2 amide bonds. The number of rotatable bonds is 9. The Morgan fingerprint density at radius 3 is 2.26 bits per heavy atom. The third kappa shape index (κ3) is 6.84. The molecule has 0 heterocycles. The fourth-order valence-electron chi connectivity index (χ4n) is 3.31. The highest BCUT2D eigenvalue weighted by atomic mass is 16.5. The number of ether oxygens (including phenoxy) is 1. The second-order valence-electron chi connectivity index (χ2n) is 8.49. The zero-order valence-electron chi connectivity index (χ0n) is 19.9. The molecule has 0 fully saturated rings. The van der Waals surface area contributed by atoms with E-state index in [2.05, 4.69) is 11.4 Å². The lowest BCUT2D eigenvalue weighted by atomic mass is 10.1. The van der Waals surface area contributed by atoms with Crippen LogP contribution in [0.2, 0.25) is 0 Å². The van der Waals surface area contributed by atoms with Gasteiger partial charge in [-0.2, -0.15) is 0 Å². The number of amides is 2. The second-order valence-corrected chi connectivity index (χ2v) is 8.49. The van der Waals surface area contributed by atoms with Gasteiger partial charge in [-0.15, -0.1) is 0 Å². The molecule has 5 nitrogen and oxygen atoms in total. The van der Waals surface area contributed by atoms with Gasteiger partial charge in [0.25, 0.3) is 5.91 Å². The normalized spacial score (nSPS) is 12.7. The molecule has 0 aromatic heterocycles. The Labute approximate surface area is 186 Å².